The monoisotopic (exact) mass is 455 g/mol. The van der Waals surface area contributed by atoms with E-state index >= 15 is 0 Å². The lowest BCUT2D eigenvalue weighted by Crippen LogP contribution is -2.25. The molecule has 0 unspecified atom stereocenters. The number of rotatable bonds is 10. The molecule has 34 heavy (non-hydrogen) atoms. The van der Waals surface area contributed by atoms with Crippen molar-refractivity contribution in [3.05, 3.63) is 95.3 Å². The molecule has 0 spiro atoms. The van der Waals surface area contributed by atoms with Crippen molar-refractivity contribution in [2.75, 3.05) is 13.2 Å². The SMILES string of the molecule is Cc1cccc(C(=O)NCCCc2nc3ccccc3n2CCOc2ccccc2C(C)C)c1. The topological polar surface area (TPSA) is 56.2 Å². The third-order valence-electron chi connectivity index (χ3n) is 5.99. The number of benzene rings is 3. The predicted octanol–water partition coefficient (Wildman–Crippen LogP) is 5.91. The number of fused-ring (bicyclic) bond motifs is 1. The van der Waals surface area contributed by atoms with Crippen LogP contribution in [0.1, 0.15) is 53.5 Å². The molecular weight excluding hydrogens is 422 g/mol. The molecule has 0 aliphatic heterocycles. The second-order valence-electron chi connectivity index (χ2n) is 8.94. The first-order valence-corrected chi connectivity index (χ1v) is 12.0. The van der Waals surface area contributed by atoms with Crippen LogP contribution in [0.25, 0.3) is 11.0 Å². The summed E-state index contributed by atoms with van der Waals surface area (Å²) >= 11 is 0. The summed E-state index contributed by atoms with van der Waals surface area (Å²) in [6, 6.07) is 24.1. The van der Waals surface area contributed by atoms with E-state index in [0.717, 1.165) is 47.6 Å². The highest BCUT2D eigenvalue weighted by molar-refractivity contribution is 5.94. The summed E-state index contributed by atoms with van der Waals surface area (Å²) in [5.74, 6) is 2.35. The minimum absolute atomic E-state index is 0.0329. The first-order valence-electron chi connectivity index (χ1n) is 12.0. The number of carbonyl (C=O) groups is 1. The van der Waals surface area contributed by atoms with Crippen LogP contribution in [0.3, 0.4) is 0 Å². The molecule has 1 heterocycles. The van der Waals surface area contributed by atoms with Crippen molar-refractivity contribution in [1.82, 2.24) is 14.9 Å². The van der Waals surface area contributed by atoms with Gasteiger partial charge in [0, 0.05) is 18.5 Å². The van der Waals surface area contributed by atoms with Crippen molar-refractivity contribution < 1.29 is 9.53 Å². The number of hydrogen-bond donors (Lipinski definition) is 1. The van der Waals surface area contributed by atoms with Crippen molar-refractivity contribution in [3.8, 4) is 5.75 Å². The first kappa shape index (κ1) is 23.6. The second-order valence-corrected chi connectivity index (χ2v) is 8.94. The number of nitrogens with one attached hydrogen (secondary N) is 1. The molecular formula is C29H33N3O2. The van der Waals surface area contributed by atoms with Gasteiger partial charge in [-0.25, -0.2) is 4.98 Å². The minimum Gasteiger partial charge on any atom is -0.491 e. The molecule has 1 aromatic heterocycles. The highest BCUT2D eigenvalue weighted by Crippen LogP contribution is 2.26. The maximum atomic E-state index is 12.4. The normalized spacial score (nSPS) is 11.2. The molecule has 0 aliphatic carbocycles. The number of amides is 1. The number of carbonyl (C=O) groups excluding carboxylic acids is 1. The van der Waals surface area contributed by atoms with Gasteiger partial charge in [-0.15, -0.1) is 0 Å². The molecule has 0 saturated heterocycles. The van der Waals surface area contributed by atoms with Crippen LogP contribution in [0, 0.1) is 6.92 Å². The number of aryl methyl sites for hydroxylation is 2. The molecule has 0 saturated carbocycles. The van der Waals surface area contributed by atoms with Gasteiger partial charge in [0.25, 0.3) is 5.91 Å². The minimum atomic E-state index is -0.0329. The van der Waals surface area contributed by atoms with Gasteiger partial charge in [-0.2, -0.15) is 0 Å². The van der Waals surface area contributed by atoms with E-state index in [2.05, 4.69) is 41.9 Å². The van der Waals surface area contributed by atoms with Crippen molar-refractivity contribution in [2.24, 2.45) is 0 Å². The maximum Gasteiger partial charge on any atom is 0.251 e. The maximum absolute atomic E-state index is 12.4. The van der Waals surface area contributed by atoms with Gasteiger partial charge < -0.3 is 14.6 Å². The van der Waals surface area contributed by atoms with Gasteiger partial charge in [-0.05, 0) is 55.2 Å². The smallest absolute Gasteiger partial charge is 0.251 e. The fraction of sp³-hybridized carbons (Fsp3) is 0.310. The molecule has 0 aliphatic rings. The van der Waals surface area contributed by atoms with Crippen molar-refractivity contribution >= 4 is 16.9 Å². The van der Waals surface area contributed by atoms with Crippen LogP contribution in [0.5, 0.6) is 5.75 Å². The lowest BCUT2D eigenvalue weighted by atomic mass is 10.0. The number of aromatic nitrogens is 2. The van der Waals surface area contributed by atoms with Crippen LogP contribution in [0.15, 0.2) is 72.8 Å². The van der Waals surface area contributed by atoms with E-state index in [0.29, 0.717) is 24.6 Å². The van der Waals surface area contributed by atoms with Gasteiger partial charge in [-0.1, -0.05) is 61.9 Å². The largest absolute Gasteiger partial charge is 0.491 e. The highest BCUT2D eigenvalue weighted by Gasteiger charge is 2.12. The highest BCUT2D eigenvalue weighted by atomic mass is 16.5. The molecule has 1 amide bonds. The third kappa shape index (κ3) is 5.66. The number of hydrogen-bond acceptors (Lipinski definition) is 3. The fourth-order valence-electron chi connectivity index (χ4n) is 4.24. The zero-order valence-corrected chi connectivity index (χ0v) is 20.3. The Morgan fingerprint density at radius 3 is 2.65 bits per heavy atom. The molecule has 0 fully saturated rings. The van der Waals surface area contributed by atoms with E-state index < -0.39 is 0 Å². The Bertz CT molecular complexity index is 1260. The Labute approximate surface area is 201 Å². The van der Waals surface area contributed by atoms with E-state index in [1.165, 1.54) is 5.56 Å². The van der Waals surface area contributed by atoms with Crippen molar-refractivity contribution in [2.45, 2.75) is 46.1 Å². The van der Waals surface area contributed by atoms with Crippen LogP contribution in [0.2, 0.25) is 0 Å². The zero-order valence-electron chi connectivity index (χ0n) is 20.3. The lowest BCUT2D eigenvalue weighted by Gasteiger charge is -2.15. The van der Waals surface area contributed by atoms with E-state index in [1.807, 2.05) is 61.5 Å². The summed E-state index contributed by atoms with van der Waals surface area (Å²) < 4.78 is 8.43. The summed E-state index contributed by atoms with van der Waals surface area (Å²) in [6.07, 6.45) is 1.60. The Morgan fingerprint density at radius 2 is 1.82 bits per heavy atom. The Morgan fingerprint density at radius 1 is 1.03 bits per heavy atom. The average molecular weight is 456 g/mol. The standard InChI is InChI=1S/C29H33N3O2/c1-21(2)24-12-4-7-15-27(24)34-19-18-32-26-14-6-5-13-25(26)31-28(32)16-9-17-30-29(33)23-11-8-10-22(3)20-23/h4-8,10-15,20-21H,9,16-19H2,1-3H3,(H,30,33). The zero-order chi connectivity index (χ0) is 23.9. The molecule has 0 bridgehead atoms. The Kier molecular flexibility index (Phi) is 7.63. The molecule has 4 aromatic rings. The van der Waals surface area contributed by atoms with Gasteiger partial charge >= 0.3 is 0 Å². The van der Waals surface area contributed by atoms with E-state index in [-0.39, 0.29) is 5.91 Å². The molecule has 4 rings (SSSR count). The number of imidazole rings is 1. The summed E-state index contributed by atoms with van der Waals surface area (Å²) in [6.45, 7) is 8.25. The van der Waals surface area contributed by atoms with E-state index in [9.17, 15) is 4.79 Å². The number of nitrogens with zero attached hydrogens (tertiary/aromatic N) is 2. The summed E-state index contributed by atoms with van der Waals surface area (Å²) in [7, 11) is 0. The Hall–Kier alpha value is -3.60. The first-order chi connectivity index (χ1) is 16.5. The summed E-state index contributed by atoms with van der Waals surface area (Å²) in [5.41, 5.74) is 5.11. The molecule has 5 heteroatoms. The number of para-hydroxylation sites is 3. The third-order valence-corrected chi connectivity index (χ3v) is 5.99. The van der Waals surface area contributed by atoms with Gasteiger partial charge in [0.1, 0.15) is 18.2 Å². The molecule has 0 radical (unpaired) electrons. The van der Waals surface area contributed by atoms with Crippen LogP contribution in [-0.2, 0) is 13.0 Å². The second kappa shape index (κ2) is 11.0. The molecule has 3 aromatic carbocycles. The van der Waals surface area contributed by atoms with Gasteiger partial charge in [-0.3, -0.25) is 4.79 Å². The van der Waals surface area contributed by atoms with Gasteiger partial charge in [0.2, 0.25) is 0 Å². The van der Waals surface area contributed by atoms with E-state index in [4.69, 9.17) is 9.72 Å². The van der Waals surface area contributed by atoms with Crippen LogP contribution < -0.4 is 10.1 Å². The fourth-order valence-corrected chi connectivity index (χ4v) is 4.24. The van der Waals surface area contributed by atoms with Gasteiger partial charge in [0.05, 0.1) is 17.6 Å². The van der Waals surface area contributed by atoms with Crippen molar-refractivity contribution in [3.63, 3.8) is 0 Å². The van der Waals surface area contributed by atoms with Crippen LogP contribution >= 0.6 is 0 Å². The van der Waals surface area contributed by atoms with Crippen LogP contribution in [-0.4, -0.2) is 28.6 Å². The molecule has 5 nitrogen and oxygen atoms in total. The lowest BCUT2D eigenvalue weighted by molar-refractivity contribution is 0.0953. The van der Waals surface area contributed by atoms with Gasteiger partial charge in [0.15, 0.2) is 0 Å². The van der Waals surface area contributed by atoms with Crippen LogP contribution in [0.4, 0.5) is 0 Å². The quantitative estimate of drug-likeness (QED) is 0.303. The summed E-state index contributed by atoms with van der Waals surface area (Å²) in [4.78, 5) is 17.3. The number of ether oxygens (including phenoxy) is 1. The molecule has 0 atom stereocenters. The average Bonchev–Trinajstić information content (AvgIpc) is 3.19. The summed E-state index contributed by atoms with van der Waals surface area (Å²) in [5, 5.41) is 3.03. The molecule has 176 valence electrons. The Balaban J connectivity index is 1.39. The van der Waals surface area contributed by atoms with Crippen molar-refractivity contribution in [1.29, 1.82) is 0 Å². The predicted molar refractivity (Wildman–Crippen MR) is 138 cm³/mol. The molecule has 1 N–H and O–H groups in total. The van der Waals surface area contributed by atoms with E-state index in [1.54, 1.807) is 0 Å².